The zero-order chi connectivity index (χ0) is 17.3. The molecule has 1 saturated carbocycles. The van der Waals surface area contributed by atoms with Crippen LogP contribution < -0.4 is 5.56 Å². The number of nitriles is 1. The molecule has 128 valence electrons. The third-order valence-electron chi connectivity index (χ3n) is 5.31. The van der Waals surface area contributed by atoms with Crippen molar-refractivity contribution in [3.05, 3.63) is 32.7 Å². The first-order valence-corrected chi connectivity index (χ1v) is 8.56. The molecule has 1 aliphatic carbocycles. The predicted octanol–water partition coefficient (Wildman–Crippen LogP) is 1.58. The van der Waals surface area contributed by atoms with Crippen LogP contribution in [0.4, 0.5) is 0 Å². The molecule has 2 atom stereocenters. The Hall–Kier alpha value is -2.13. The first kappa shape index (κ1) is 16.7. The molecule has 1 aromatic rings. The number of aromatic nitrogens is 1. The SMILES string of the molecule is Cc1[nH]c(=O)c(C#N)c(C)c1CCC(=O)N1CCO[C@@H]2CCC[C@@H]21. The van der Waals surface area contributed by atoms with Gasteiger partial charge in [-0.1, -0.05) is 0 Å². The van der Waals surface area contributed by atoms with Crippen LogP contribution in [0.25, 0.3) is 0 Å². The van der Waals surface area contributed by atoms with Crippen molar-refractivity contribution >= 4 is 5.91 Å². The fourth-order valence-electron chi connectivity index (χ4n) is 4.03. The van der Waals surface area contributed by atoms with E-state index < -0.39 is 0 Å². The largest absolute Gasteiger partial charge is 0.374 e. The number of aryl methyl sites for hydroxylation is 1. The highest BCUT2D eigenvalue weighted by Crippen LogP contribution is 2.30. The summed E-state index contributed by atoms with van der Waals surface area (Å²) in [5, 5.41) is 9.14. The summed E-state index contributed by atoms with van der Waals surface area (Å²) in [4.78, 5) is 29.2. The van der Waals surface area contributed by atoms with Crippen LogP contribution >= 0.6 is 0 Å². The maximum Gasteiger partial charge on any atom is 0.266 e. The second-order valence-electron chi connectivity index (χ2n) is 6.66. The van der Waals surface area contributed by atoms with Gasteiger partial charge in [0.1, 0.15) is 11.6 Å². The van der Waals surface area contributed by atoms with Crippen LogP contribution in [0.15, 0.2) is 4.79 Å². The van der Waals surface area contributed by atoms with Crippen molar-refractivity contribution in [1.82, 2.24) is 9.88 Å². The van der Waals surface area contributed by atoms with Crippen LogP contribution in [0.2, 0.25) is 0 Å². The molecule has 1 saturated heterocycles. The second kappa shape index (κ2) is 6.78. The van der Waals surface area contributed by atoms with Crippen LogP contribution in [0.3, 0.4) is 0 Å². The summed E-state index contributed by atoms with van der Waals surface area (Å²) < 4.78 is 5.76. The maximum absolute atomic E-state index is 12.7. The van der Waals surface area contributed by atoms with E-state index in [4.69, 9.17) is 10.00 Å². The summed E-state index contributed by atoms with van der Waals surface area (Å²) >= 11 is 0. The molecule has 6 nitrogen and oxygen atoms in total. The topological polar surface area (TPSA) is 86.2 Å². The number of hydrogen-bond donors (Lipinski definition) is 1. The quantitative estimate of drug-likeness (QED) is 0.912. The number of nitrogens with zero attached hydrogens (tertiary/aromatic N) is 2. The van der Waals surface area contributed by atoms with Crippen molar-refractivity contribution in [2.75, 3.05) is 13.2 Å². The molecule has 0 spiro atoms. The molecule has 1 amide bonds. The molecule has 0 bridgehead atoms. The third-order valence-corrected chi connectivity index (χ3v) is 5.31. The summed E-state index contributed by atoms with van der Waals surface area (Å²) in [6.45, 7) is 4.87. The van der Waals surface area contributed by atoms with Gasteiger partial charge in [-0.05, 0) is 50.7 Å². The van der Waals surface area contributed by atoms with Gasteiger partial charge in [-0.3, -0.25) is 9.59 Å². The minimum atomic E-state index is -0.357. The van der Waals surface area contributed by atoms with E-state index in [1.807, 2.05) is 17.9 Å². The first-order chi connectivity index (χ1) is 11.5. The molecule has 0 unspecified atom stereocenters. The summed E-state index contributed by atoms with van der Waals surface area (Å²) in [6.07, 6.45) is 4.30. The van der Waals surface area contributed by atoms with Gasteiger partial charge < -0.3 is 14.6 Å². The van der Waals surface area contributed by atoms with Crippen LogP contribution in [0.5, 0.6) is 0 Å². The van der Waals surface area contributed by atoms with Gasteiger partial charge in [-0.15, -0.1) is 0 Å². The maximum atomic E-state index is 12.7. The monoisotopic (exact) mass is 329 g/mol. The van der Waals surface area contributed by atoms with Gasteiger partial charge in [0.2, 0.25) is 5.91 Å². The summed E-state index contributed by atoms with van der Waals surface area (Å²) in [6, 6.07) is 2.18. The smallest absolute Gasteiger partial charge is 0.266 e. The van der Waals surface area contributed by atoms with Crippen LogP contribution in [-0.2, 0) is 16.0 Å². The van der Waals surface area contributed by atoms with Gasteiger partial charge in [-0.2, -0.15) is 5.26 Å². The van der Waals surface area contributed by atoms with E-state index in [0.29, 0.717) is 31.6 Å². The van der Waals surface area contributed by atoms with E-state index in [2.05, 4.69) is 4.98 Å². The fraction of sp³-hybridized carbons (Fsp3) is 0.611. The molecule has 6 heteroatoms. The van der Waals surface area contributed by atoms with E-state index in [1.54, 1.807) is 6.92 Å². The summed E-state index contributed by atoms with van der Waals surface area (Å²) in [5.74, 6) is 0.138. The molecular formula is C18H23N3O3. The molecule has 3 rings (SSSR count). The van der Waals surface area contributed by atoms with Crippen molar-refractivity contribution in [3.63, 3.8) is 0 Å². The Balaban J connectivity index is 1.73. The number of amides is 1. The van der Waals surface area contributed by atoms with Crippen molar-refractivity contribution in [2.45, 2.75) is 58.1 Å². The Bertz CT molecular complexity index is 747. The van der Waals surface area contributed by atoms with Gasteiger partial charge in [-0.25, -0.2) is 0 Å². The molecule has 1 aromatic heterocycles. The van der Waals surface area contributed by atoms with Gasteiger partial charge >= 0.3 is 0 Å². The van der Waals surface area contributed by atoms with Gasteiger partial charge in [0, 0.05) is 18.7 Å². The molecule has 2 fully saturated rings. The summed E-state index contributed by atoms with van der Waals surface area (Å²) in [7, 11) is 0. The molecule has 1 aliphatic heterocycles. The van der Waals surface area contributed by atoms with Crippen LogP contribution in [0.1, 0.15) is 48.1 Å². The molecule has 2 aliphatic rings. The fourth-order valence-corrected chi connectivity index (χ4v) is 4.03. The normalized spacial score (nSPS) is 23.0. The highest BCUT2D eigenvalue weighted by Gasteiger charge is 2.38. The number of carbonyl (C=O) groups is 1. The van der Waals surface area contributed by atoms with E-state index >= 15 is 0 Å². The highest BCUT2D eigenvalue weighted by molar-refractivity contribution is 5.77. The Kier molecular flexibility index (Phi) is 4.72. The molecule has 24 heavy (non-hydrogen) atoms. The Morgan fingerprint density at radius 2 is 2.21 bits per heavy atom. The predicted molar refractivity (Wildman–Crippen MR) is 88.7 cm³/mol. The average Bonchev–Trinajstić information content (AvgIpc) is 3.03. The number of fused-ring (bicyclic) bond motifs is 1. The van der Waals surface area contributed by atoms with Crippen LogP contribution in [0, 0.1) is 25.2 Å². The lowest BCUT2D eigenvalue weighted by molar-refractivity contribution is -0.143. The standard InChI is InChI=1S/C18H23N3O3/c1-11-13(12(2)20-18(23)14(11)10-19)6-7-17(22)21-8-9-24-16-5-3-4-15(16)21/h15-16H,3-9H2,1-2H3,(H,20,23)/t15-,16+/m0/s1. The Morgan fingerprint density at radius 3 is 2.96 bits per heavy atom. The number of aromatic amines is 1. The van der Waals surface area contributed by atoms with Crippen molar-refractivity contribution in [2.24, 2.45) is 0 Å². The number of H-pyrrole nitrogens is 1. The van der Waals surface area contributed by atoms with Crippen LogP contribution in [-0.4, -0.2) is 41.1 Å². The minimum Gasteiger partial charge on any atom is -0.374 e. The number of carbonyl (C=O) groups excluding carboxylic acids is 1. The zero-order valence-corrected chi connectivity index (χ0v) is 14.2. The van der Waals surface area contributed by atoms with Crippen molar-refractivity contribution in [1.29, 1.82) is 5.26 Å². The number of rotatable bonds is 3. The van der Waals surface area contributed by atoms with Gasteiger partial charge in [0.05, 0.1) is 18.8 Å². The number of pyridine rings is 1. The van der Waals surface area contributed by atoms with Gasteiger partial charge in [0.15, 0.2) is 0 Å². The molecule has 0 radical (unpaired) electrons. The molecule has 1 N–H and O–H groups in total. The zero-order valence-electron chi connectivity index (χ0n) is 14.2. The van der Waals surface area contributed by atoms with E-state index in [-0.39, 0.29) is 29.2 Å². The molecule has 2 heterocycles. The van der Waals surface area contributed by atoms with Gasteiger partial charge in [0.25, 0.3) is 5.56 Å². The summed E-state index contributed by atoms with van der Waals surface area (Å²) in [5.41, 5.74) is 2.11. The number of hydrogen-bond acceptors (Lipinski definition) is 4. The number of ether oxygens (including phenoxy) is 1. The Labute approximate surface area is 141 Å². The molecular weight excluding hydrogens is 306 g/mol. The van der Waals surface area contributed by atoms with E-state index in [9.17, 15) is 9.59 Å². The Morgan fingerprint density at radius 1 is 1.42 bits per heavy atom. The minimum absolute atomic E-state index is 0.138. The van der Waals surface area contributed by atoms with E-state index in [1.165, 1.54) is 0 Å². The lowest BCUT2D eigenvalue weighted by Crippen LogP contribution is -2.51. The van der Waals surface area contributed by atoms with Crippen molar-refractivity contribution < 1.29 is 9.53 Å². The number of morpholine rings is 1. The lowest BCUT2D eigenvalue weighted by Gasteiger charge is -2.37. The van der Waals surface area contributed by atoms with E-state index in [0.717, 1.165) is 30.5 Å². The highest BCUT2D eigenvalue weighted by atomic mass is 16.5. The average molecular weight is 329 g/mol. The van der Waals surface area contributed by atoms with Crippen molar-refractivity contribution in [3.8, 4) is 6.07 Å². The number of nitrogens with one attached hydrogen (secondary N) is 1. The second-order valence-corrected chi connectivity index (χ2v) is 6.66. The molecule has 0 aromatic carbocycles. The third kappa shape index (κ3) is 2.96. The first-order valence-electron chi connectivity index (χ1n) is 8.56. The lowest BCUT2D eigenvalue weighted by atomic mass is 9.98.